The van der Waals surface area contributed by atoms with Gasteiger partial charge < -0.3 is 14.8 Å². The minimum Gasteiger partial charge on any atom is -0.462 e. The van der Waals surface area contributed by atoms with Gasteiger partial charge in [0, 0.05) is 11.3 Å². The molecule has 3 rings (SSSR count). The van der Waals surface area contributed by atoms with Crippen LogP contribution in [-0.2, 0) is 31.9 Å². The van der Waals surface area contributed by atoms with Gasteiger partial charge >= 0.3 is 11.9 Å². The lowest BCUT2D eigenvalue weighted by molar-refractivity contribution is -0.154. The van der Waals surface area contributed by atoms with Crippen molar-refractivity contribution in [2.45, 2.75) is 84.2 Å². The highest BCUT2D eigenvalue weighted by atomic mass is 32.1. The quantitative estimate of drug-likeness (QED) is 0.649. The van der Waals surface area contributed by atoms with Crippen molar-refractivity contribution in [2.75, 3.05) is 11.9 Å². The molecule has 1 fully saturated rings. The summed E-state index contributed by atoms with van der Waals surface area (Å²) in [5.74, 6) is -0.767. The van der Waals surface area contributed by atoms with Gasteiger partial charge in [0.05, 0.1) is 12.2 Å². The molecular weight excluding hydrogens is 390 g/mol. The molecule has 1 amide bonds. The van der Waals surface area contributed by atoms with E-state index in [4.69, 9.17) is 9.47 Å². The predicted octanol–water partition coefficient (Wildman–Crippen LogP) is 4.64. The van der Waals surface area contributed by atoms with Crippen molar-refractivity contribution in [3.63, 3.8) is 0 Å². The third-order valence-electron chi connectivity index (χ3n) is 5.75. The normalized spacial score (nSPS) is 17.9. The summed E-state index contributed by atoms with van der Waals surface area (Å²) < 4.78 is 10.6. The number of ether oxygens (including phenoxy) is 2. The van der Waals surface area contributed by atoms with E-state index in [9.17, 15) is 14.4 Å². The van der Waals surface area contributed by atoms with E-state index in [1.165, 1.54) is 17.8 Å². The molecule has 0 bridgehead atoms. The van der Waals surface area contributed by atoms with Crippen LogP contribution in [0.3, 0.4) is 0 Å². The largest absolute Gasteiger partial charge is 0.462 e. The van der Waals surface area contributed by atoms with Crippen molar-refractivity contribution < 1.29 is 23.9 Å². The van der Waals surface area contributed by atoms with Crippen molar-refractivity contribution in [2.24, 2.45) is 5.92 Å². The first-order chi connectivity index (χ1) is 14.0. The maximum atomic E-state index is 12.7. The molecule has 160 valence electrons. The van der Waals surface area contributed by atoms with Crippen molar-refractivity contribution >= 4 is 34.2 Å². The summed E-state index contributed by atoms with van der Waals surface area (Å²) in [7, 11) is 0. The van der Waals surface area contributed by atoms with Gasteiger partial charge in [-0.3, -0.25) is 9.59 Å². The van der Waals surface area contributed by atoms with E-state index in [1.807, 2.05) is 0 Å². The molecule has 2 aliphatic carbocycles. The van der Waals surface area contributed by atoms with Crippen LogP contribution in [0.5, 0.6) is 0 Å². The van der Waals surface area contributed by atoms with Crippen molar-refractivity contribution in [3.05, 3.63) is 16.0 Å². The number of anilines is 1. The molecule has 1 aromatic heterocycles. The number of esters is 2. The summed E-state index contributed by atoms with van der Waals surface area (Å²) in [6, 6.07) is 0. The first-order valence-corrected chi connectivity index (χ1v) is 11.6. The topological polar surface area (TPSA) is 81.7 Å². The third kappa shape index (κ3) is 5.59. The molecule has 1 unspecified atom stereocenters. The van der Waals surface area contributed by atoms with E-state index in [0.29, 0.717) is 22.9 Å². The molecule has 0 radical (unpaired) electrons. The third-order valence-corrected chi connectivity index (χ3v) is 6.95. The lowest BCUT2D eigenvalue weighted by Crippen LogP contribution is -2.31. The molecule has 1 heterocycles. The van der Waals surface area contributed by atoms with Crippen LogP contribution in [-0.4, -0.2) is 30.6 Å². The zero-order valence-electron chi connectivity index (χ0n) is 17.4. The zero-order valence-corrected chi connectivity index (χ0v) is 18.2. The predicted molar refractivity (Wildman–Crippen MR) is 112 cm³/mol. The molecule has 29 heavy (non-hydrogen) atoms. The number of fused-ring (bicyclic) bond motifs is 1. The maximum absolute atomic E-state index is 12.7. The molecule has 1 aromatic rings. The van der Waals surface area contributed by atoms with Gasteiger partial charge in [0.2, 0.25) is 0 Å². The number of hydrogen-bond acceptors (Lipinski definition) is 6. The van der Waals surface area contributed by atoms with Crippen LogP contribution < -0.4 is 5.32 Å². The Morgan fingerprint density at radius 2 is 1.83 bits per heavy atom. The van der Waals surface area contributed by atoms with Crippen LogP contribution in [0.1, 0.15) is 86.0 Å². The number of aryl methyl sites for hydroxylation is 1. The lowest BCUT2D eigenvalue weighted by atomic mass is 9.87. The van der Waals surface area contributed by atoms with E-state index in [0.717, 1.165) is 61.8 Å². The van der Waals surface area contributed by atoms with Crippen LogP contribution in [0, 0.1) is 5.92 Å². The minimum absolute atomic E-state index is 0.284. The molecular formula is C22H31NO5S. The zero-order chi connectivity index (χ0) is 20.8. The van der Waals surface area contributed by atoms with Gasteiger partial charge in [0.1, 0.15) is 5.00 Å². The van der Waals surface area contributed by atoms with Gasteiger partial charge in [0.25, 0.3) is 5.91 Å². The molecule has 0 aliphatic heterocycles. The number of nitrogens with one attached hydrogen (secondary N) is 1. The standard InChI is InChI=1S/C22H31NO5S/c1-3-27-22(26)19-16-11-7-8-12-17(16)29-21(19)23-20(25)14(2)28-18(24)13-15-9-5-4-6-10-15/h14-15H,3-13H2,1-2H3,(H,23,25). The molecule has 0 spiro atoms. The number of amides is 1. The summed E-state index contributed by atoms with van der Waals surface area (Å²) in [5, 5.41) is 3.33. The van der Waals surface area contributed by atoms with Crippen LogP contribution >= 0.6 is 11.3 Å². The van der Waals surface area contributed by atoms with Gasteiger partial charge in [-0.2, -0.15) is 0 Å². The Hall–Kier alpha value is -1.89. The van der Waals surface area contributed by atoms with E-state index in [1.54, 1.807) is 13.8 Å². The molecule has 6 nitrogen and oxygen atoms in total. The molecule has 1 saturated carbocycles. The highest BCUT2D eigenvalue weighted by molar-refractivity contribution is 7.17. The summed E-state index contributed by atoms with van der Waals surface area (Å²) >= 11 is 1.44. The summed E-state index contributed by atoms with van der Waals surface area (Å²) in [6.45, 7) is 3.63. The maximum Gasteiger partial charge on any atom is 0.341 e. The summed E-state index contributed by atoms with van der Waals surface area (Å²) in [4.78, 5) is 38.5. The fourth-order valence-electron chi connectivity index (χ4n) is 4.21. The fourth-order valence-corrected chi connectivity index (χ4v) is 5.49. The van der Waals surface area contributed by atoms with Gasteiger partial charge in [-0.15, -0.1) is 11.3 Å². The van der Waals surface area contributed by atoms with E-state index >= 15 is 0 Å². The summed E-state index contributed by atoms with van der Waals surface area (Å²) in [5.41, 5.74) is 1.47. The molecule has 2 aliphatic rings. The highest BCUT2D eigenvalue weighted by Crippen LogP contribution is 2.38. The molecule has 1 N–H and O–H groups in total. The minimum atomic E-state index is -0.903. The van der Waals surface area contributed by atoms with Crippen LogP contribution in [0.15, 0.2) is 0 Å². The van der Waals surface area contributed by atoms with Crippen LogP contribution in [0.2, 0.25) is 0 Å². The Bertz CT molecular complexity index is 751. The molecule has 7 heteroatoms. The first-order valence-electron chi connectivity index (χ1n) is 10.8. The smallest absolute Gasteiger partial charge is 0.341 e. The van der Waals surface area contributed by atoms with Crippen molar-refractivity contribution in [1.29, 1.82) is 0 Å². The van der Waals surface area contributed by atoms with Crippen molar-refractivity contribution in [3.8, 4) is 0 Å². The SMILES string of the molecule is CCOC(=O)c1c(NC(=O)C(C)OC(=O)CC2CCCCC2)sc2c1CCCC2. The second-order valence-electron chi connectivity index (χ2n) is 7.96. The second-order valence-corrected chi connectivity index (χ2v) is 9.07. The average Bonchev–Trinajstić information content (AvgIpc) is 3.06. The summed E-state index contributed by atoms with van der Waals surface area (Å²) in [6.07, 6.45) is 8.98. The average molecular weight is 422 g/mol. The fraction of sp³-hybridized carbons (Fsp3) is 0.682. The van der Waals surface area contributed by atoms with Gasteiger partial charge in [-0.05, 0) is 63.9 Å². The van der Waals surface area contributed by atoms with Gasteiger partial charge in [0.15, 0.2) is 6.10 Å². The van der Waals surface area contributed by atoms with E-state index in [-0.39, 0.29) is 12.6 Å². The first kappa shape index (κ1) is 21.8. The molecule has 1 atom stereocenters. The van der Waals surface area contributed by atoms with E-state index in [2.05, 4.69) is 5.32 Å². The van der Waals surface area contributed by atoms with E-state index < -0.39 is 18.0 Å². The highest BCUT2D eigenvalue weighted by Gasteiger charge is 2.29. The monoisotopic (exact) mass is 421 g/mol. The Labute approximate surface area is 176 Å². The number of carbonyl (C=O) groups excluding carboxylic acids is 3. The lowest BCUT2D eigenvalue weighted by Gasteiger charge is -2.21. The molecule has 0 saturated heterocycles. The number of carbonyl (C=O) groups is 3. The number of thiophene rings is 1. The Balaban J connectivity index is 1.63. The van der Waals surface area contributed by atoms with Crippen molar-refractivity contribution in [1.82, 2.24) is 0 Å². The van der Waals surface area contributed by atoms with Gasteiger partial charge in [-0.25, -0.2) is 4.79 Å². The Morgan fingerprint density at radius 3 is 2.55 bits per heavy atom. The van der Waals surface area contributed by atoms with Crippen LogP contribution in [0.4, 0.5) is 5.00 Å². The molecule has 0 aromatic carbocycles. The Kier molecular flexibility index (Phi) is 7.70. The second kappa shape index (κ2) is 10.2. The number of hydrogen-bond donors (Lipinski definition) is 1. The van der Waals surface area contributed by atoms with Crippen LogP contribution in [0.25, 0.3) is 0 Å². The Morgan fingerprint density at radius 1 is 1.10 bits per heavy atom. The van der Waals surface area contributed by atoms with Gasteiger partial charge in [-0.1, -0.05) is 19.3 Å². The number of rotatable bonds is 7.